The van der Waals surface area contributed by atoms with Gasteiger partial charge in [-0.2, -0.15) is 0 Å². The van der Waals surface area contributed by atoms with Gasteiger partial charge in [0.05, 0.1) is 0 Å². The van der Waals surface area contributed by atoms with Gasteiger partial charge in [0, 0.05) is 12.1 Å². The molecule has 0 aromatic heterocycles. The van der Waals surface area contributed by atoms with Crippen molar-refractivity contribution in [3.05, 3.63) is 41.5 Å². The van der Waals surface area contributed by atoms with Gasteiger partial charge in [-0.1, -0.05) is 6.07 Å². The summed E-state index contributed by atoms with van der Waals surface area (Å²) >= 11 is 0. The summed E-state index contributed by atoms with van der Waals surface area (Å²) in [5.74, 6) is -8.02. The molecule has 0 amide bonds. The number of rotatable bonds is 11. The maximum atomic E-state index is 13.2. The zero-order valence-electron chi connectivity index (χ0n) is 24.1. The Morgan fingerprint density at radius 2 is 1.00 bits per heavy atom. The Morgan fingerprint density at radius 3 is 1.45 bits per heavy atom. The fourth-order valence-electron chi connectivity index (χ4n) is 3.24. The number of ether oxygens (including phenoxy) is 1. The van der Waals surface area contributed by atoms with Crippen LogP contribution in [0.2, 0.25) is 0 Å². The quantitative estimate of drug-likeness (QED) is 0.115. The van der Waals surface area contributed by atoms with E-state index < -0.39 is 110 Å². The monoisotopic (exact) mass is 814 g/mol. The molecule has 47 heavy (non-hydrogen) atoms. The number of Topliss-reactive ketones (excluding diaryl/α,β-unsaturated/α-hetero) is 1. The summed E-state index contributed by atoms with van der Waals surface area (Å²) in [6.07, 6.45) is -5.04. The normalized spacial score (nSPS) is 16.1. The SMILES string of the molecule is O=C1c2c(cc(OS(=O)(=O)[O-])cc2OS(=O)(=O)[O-])O[C@@H](c2ccc(OS(=O)(=O)[O-])c(OS(=O)(=O)[O-])c2)C1OS(=O)(=O)[O-].[Na+].[Na+].[Na+].[Na+].[Na+]. The van der Waals surface area contributed by atoms with Gasteiger partial charge in [0.1, 0.15) is 17.1 Å². The Bertz CT molecular complexity index is 2000. The number of hydrogen-bond donors (Lipinski definition) is 0. The van der Waals surface area contributed by atoms with E-state index in [0.717, 1.165) is 0 Å². The van der Waals surface area contributed by atoms with E-state index >= 15 is 0 Å². The maximum absolute atomic E-state index is 13.2. The zero-order valence-corrected chi connectivity index (χ0v) is 38.1. The van der Waals surface area contributed by atoms with Gasteiger partial charge >= 0.3 is 148 Å². The number of hydrogen-bond acceptors (Lipinski definition) is 22. The van der Waals surface area contributed by atoms with Crippen molar-refractivity contribution in [1.29, 1.82) is 0 Å². The summed E-state index contributed by atoms with van der Waals surface area (Å²) in [7, 11) is -28.7. The van der Waals surface area contributed by atoms with E-state index in [9.17, 15) is 69.6 Å². The molecule has 0 radical (unpaired) electrons. The van der Waals surface area contributed by atoms with E-state index in [-0.39, 0.29) is 154 Å². The van der Waals surface area contributed by atoms with Crippen LogP contribution in [-0.2, 0) is 56.2 Å². The molecule has 0 spiro atoms. The second kappa shape index (κ2) is 19.6. The first-order valence-electron chi connectivity index (χ1n) is 9.58. The first kappa shape index (κ1) is 53.0. The topological polar surface area (TPSA) is 358 Å². The molecule has 3 rings (SSSR count). The molecule has 234 valence electrons. The second-order valence-electron chi connectivity index (χ2n) is 7.29. The predicted octanol–water partition coefficient (Wildman–Crippen LogP) is -17.8. The number of carbonyl (C=O) groups excluding carboxylic acids is 1. The molecule has 2 atom stereocenters. The van der Waals surface area contributed by atoms with Crippen LogP contribution in [0.3, 0.4) is 0 Å². The van der Waals surface area contributed by atoms with E-state index in [4.69, 9.17) is 4.74 Å². The molecule has 22 nitrogen and oxygen atoms in total. The van der Waals surface area contributed by atoms with Gasteiger partial charge in [-0.15, -0.1) is 0 Å². The van der Waals surface area contributed by atoms with E-state index in [1.54, 1.807) is 0 Å². The summed E-state index contributed by atoms with van der Waals surface area (Å²) in [6, 6.07) is 1.93. The van der Waals surface area contributed by atoms with Crippen LogP contribution < -0.4 is 169 Å². The van der Waals surface area contributed by atoms with Crippen molar-refractivity contribution < 1.29 is 243 Å². The van der Waals surface area contributed by atoms with Gasteiger partial charge < -0.3 is 44.2 Å². The Morgan fingerprint density at radius 1 is 0.553 bits per heavy atom. The molecule has 1 heterocycles. The standard InChI is InChI=1S/C15H12O22S5.5Na/c16-13-12-10(4-7(33-38(17,18)19)5-11(12)36-41(26,27)28)32-14(15(13)37-42(29,30)31)6-1-2-8(34-39(20,21)22)9(3-6)35-40(23,24)25;;;;;/h1-5,14-15H,(H,17,18,19)(H,20,21,22)(H,23,24,25)(H,26,27,28)(H,29,30,31);;;;;/q;5*+1/p-5/t14-,15?;;;;;/m0...../s1. The zero-order chi connectivity index (χ0) is 32.1. The molecule has 0 N–H and O–H groups in total. The van der Waals surface area contributed by atoms with Crippen molar-refractivity contribution in [2.45, 2.75) is 12.2 Å². The molecule has 0 saturated carbocycles. The third kappa shape index (κ3) is 17.3. The minimum Gasteiger partial charge on any atom is -0.725 e. The van der Waals surface area contributed by atoms with Crippen LogP contribution >= 0.6 is 0 Å². The molecule has 2 aromatic carbocycles. The Balaban J connectivity index is -0.00000387. The molecule has 2 aromatic rings. The molecular weight excluding hydrogens is 807 g/mol. The second-order valence-corrected chi connectivity index (χ2v) is 12.2. The average molecular weight is 814 g/mol. The number of carbonyl (C=O) groups is 1. The molecule has 1 aliphatic rings. The molecule has 1 unspecified atom stereocenters. The summed E-state index contributed by atoms with van der Waals surface area (Å²) in [5.41, 5.74) is -1.94. The Hall–Kier alpha value is 1.62. The van der Waals surface area contributed by atoms with Crippen LogP contribution in [-0.4, -0.2) is 76.7 Å². The largest absolute Gasteiger partial charge is 1.00 e. The van der Waals surface area contributed by atoms with Gasteiger partial charge in [-0.3, -0.25) is 8.98 Å². The molecule has 1 aliphatic heterocycles. The molecule has 0 bridgehead atoms. The Labute approximate surface area is 377 Å². The fraction of sp³-hybridized carbons (Fsp3) is 0.133. The summed E-state index contributed by atoms with van der Waals surface area (Å²) in [5, 5.41) is 0. The van der Waals surface area contributed by atoms with Gasteiger partial charge in [0.2, 0.25) is 16.2 Å². The average Bonchev–Trinajstić information content (AvgIpc) is 2.71. The number of benzene rings is 2. The van der Waals surface area contributed by atoms with Crippen molar-refractivity contribution in [3.8, 4) is 28.7 Å². The molecule has 0 fully saturated rings. The van der Waals surface area contributed by atoms with Crippen LogP contribution in [0, 0.1) is 0 Å². The number of fused-ring (bicyclic) bond motifs is 1. The van der Waals surface area contributed by atoms with Gasteiger partial charge in [0.15, 0.2) is 29.5 Å². The van der Waals surface area contributed by atoms with Crippen molar-refractivity contribution in [2.24, 2.45) is 0 Å². The first-order chi connectivity index (χ1) is 18.8. The van der Waals surface area contributed by atoms with E-state index in [1.807, 2.05) is 0 Å². The number of ketones is 1. The van der Waals surface area contributed by atoms with Gasteiger partial charge in [-0.05, 0) is 17.7 Å². The van der Waals surface area contributed by atoms with Crippen LogP contribution in [0.25, 0.3) is 0 Å². The van der Waals surface area contributed by atoms with Crippen LogP contribution in [0.15, 0.2) is 30.3 Å². The van der Waals surface area contributed by atoms with Gasteiger partial charge in [0.25, 0.3) is 41.6 Å². The van der Waals surface area contributed by atoms with E-state index in [1.165, 1.54) is 0 Å². The third-order valence-electron chi connectivity index (χ3n) is 4.36. The summed E-state index contributed by atoms with van der Waals surface area (Å²) < 4.78 is 192. The molecule has 0 saturated heterocycles. The first-order valence-corrected chi connectivity index (χ1v) is 16.2. The molecular formula is C15H7Na5O22S5. The predicted molar refractivity (Wildman–Crippen MR) is 116 cm³/mol. The third-order valence-corrected chi connectivity index (χ3v) is 6.36. The van der Waals surface area contributed by atoms with Crippen LogP contribution in [0.1, 0.15) is 22.0 Å². The van der Waals surface area contributed by atoms with Crippen LogP contribution in [0.4, 0.5) is 0 Å². The molecule has 0 aliphatic carbocycles. The summed E-state index contributed by atoms with van der Waals surface area (Å²) in [4.78, 5) is 13.2. The maximum Gasteiger partial charge on any atom is 1.00 e. The van der Waals surface area contributed by atoms with Crippen LogP contribution in [0.5, 0.6) is 28.7 Å². The van der Waals surface area contributed by atoms with Crippen molar-refractivity contribution in [3.63, 3.8) is 0 Å². The van der Waals surface area contributed by atoms with E-state index in [2.05, 4.69) is 20.9 Å². The molecule has 32 heteroatoms. The van der Waals surface area contributed by atoms with Crippen molar-refractivity contribution >= 4 is 57.8 Å². The smallest absolute Gasteiger partial charge is 0.725 e. The van der Waals surface area contributed by atoms with Crippen molar-refractivity contribution in [1.82, 2.24) is 0 Å². The van der Waals surface area contributed by atoms with Gasteiger partial charge in [-0.25, -0.2) is 42.1 Å². The minimum atomic E-state index is -5.89. The Kier molecular flexibility index (Phi) is 22.1. The minimum absolute atomic E-state index is 0. The fourth-order valence-corrected chi connectivity index (χ4v) is 5.07. The summed E-state index contributed by atoms with van der Waals surface area (Å²) in [6.45, 7) is 0. The van der Waals surface area contributed by atoms with Crippen molar-refractivity contribution in [2.75, 3.05) is 0 Å². The van der Waals surface area contributed by atoms with E-state index in [0.29, 0.717) is 24.3 Å².